The van der Waals surface area contributed by atoms with Crippen molar-refractivity contribution in [2.45, 2.75) is 51.0 Å². The van der Waals surface area contributed by atoms with Gasteiger partial charge in [0.25, 0.3) is 15.9 Å². The van der Waals surface area contributed by atoms with Crippen molar-refractivity contribution in [3.8, 4) is 0 Å². The van der Waals surface area contributed by atoms with Crippen LogP contribution in [0.15, 0.2) is 51.9 Å². The molecule has 2 heterocycles. The summed E-state index contributed by atoms with van der Waals surface area (Å²) in [7, 11) is -3.81. The van der Waals surface area contributed by atoms with E-state index in [4.69, 9.17) is 4.52 Å². The van der Waals surface area contributed by atoms with E-state index in [0.29, 0.717) is 34.3 Å². The molecule has 0 spiro atoms. The van der Waals surface area contributed by atoms with Gasteiger partial charge in [-0.05, 0) is 42.7 Å². The van der Waals surface area contributed by atoms with Gasteiger partial charge in [0.05, 0.1) is 10.6 Å². The molecule has 0 radical (unpaired) electrons. The van der Waals surface area contributed by atoms with Crippen LogP contribution in [-0.2, 0) is 16.4 Å². The topological polar surface area (TPSA) is 76.3 Å². The van der Waals surface area contributed by atoms with Crippen LogP contribution >= 0.6 is 0 Å². The Bertz CT molecular complexity index is 1140. The van der Waals surface area contributed by atoms with Crippen LogP contribution in [0.4, 0.5) is 5.69 Å². The number of aromatic nitrogens is 2. The maximum absolute atomic E-state index is 13.7. The second kappa shape index (κ2) is 6.74. The van der Waals surface area contributed by atoms with Crippen molar-refractivity contribution in [3.63, 3.8) is 0 Å². The molecular formula is C21H23N3O3S. The van der Waals surface area contributed by atoms with Gasteiger partial charge >= 0.3 is 0 Å². The lowest BCUT2D eigenvalue weighted by Gasteiger charge is -2.25. The first-order valence-electron chi connectivity index (χ1n) is 9.32. The summed E-state index contributed by atoms with van der Waals surface area (Å²) >= 11 is 0. The third-order valence-corrected chi connectivity index (χ3v) is 7.03. The molecule has 1 aliphatic heterocycles. The van der Waals surface area contributed by atoms with Gasteiger partial charge in [-0.3, -0.25) is 4.31 Å². The van der Waals surface area contributed by atoms with E-state index in [1.165, 1.54) is 4.31 Å². The van der Waals surface area contributed by atoms with Crippen LogP contribution in [0.5, 0.6) is 0 Å². The first-order valence-corrected chi connectivity index (χ1v) is 10.8. The Morgan fingerprint density at radius 3 is 2.61 bits per heavy atom. The van der Waals surface area contributed by atoms with Gasteiger partial charge in [-0.2, -0.15) is 4.98 Å². The number of hydrogen-bond acceptors (Lipinski definition) is 5. The zero-order valence-electron chi connectivity index (χ0n) is 16.4. The minimum absolute atomic E-state index is 0.102. The zero-order chi connectivity index (χ0) is 20.1. The van der Waals surface area contributed by atoms with E-state index in [0.717, 1.165) is 11.1 Å². The highest BCUT2D eigenvalue weighted by Gasteiger charge is 2.42. The number of para-hydroxylation sites is 1. The molecule has 0 saturated heterocycles. The van der Waals surface area contributed by atoms with Gasteiger partial charge < -0.3 is 4.52 Å². The third-order valence-electron chi connectivity index (χ3n) is 5.06. The summed E-state index contributed by atoms with van der Waals surface area (Å²) in [4.78, 5) is 4.79. The summed E-state index contributed by atoms with van der Waals surface area (Å²) in [5.41, 5.74) is 3.22. The van der Waals surface area contributed by atoms with Gasteiger partial charge in [-0.1, -0.05) is 49.3 Å². The summed E-state index contributed by atoms with van der Waals surface area (Å²) in [5, 5.41) is 4.04. The number of anilines is 1. The highest BCUT2D eigenvalue weighted by molar-refractivity contribution is 7.93. The number of rotatable bonds is 4. The Kier molecular flexibility index (Phi) is 4.50. The second-order valence-electron chi connectivity index (χ2n) is 7.56. The van der Waals surface area contributed by atoms with Crippen LogP contribution < -0.4 is 4.31 Å². The normalized spacial score (nSPS) is 16.6. The molecule has 1 unspecified atom stereocenters. The standard InChI is InChI=1S/C21H23N3O3S/c1-13(2)20-22-21(27-23-20)18-12-16-7-5-6-8-17(16)24(18)28(25,26)19-11-14(3)9-10-15(19)4/h5-11,13,18H,12H2,1-4H3. The molecule has 0 bridgehead atoms. The Morgan fingerprint density at radius 2 is 1.89 bits per heavy atom. The number of hydrogen-bond donors (Lipinski definition) is 0. The van der Waals surface area contributed by atoms with Crippen molar-refractivity contribution < 1.29 is 12.9 Å². The molecule has 0 N–H and O–H groups in total. The van der Waals surface area contributed by atoms with Gasteiger partial charge in [-0.25, -0.2) is 8.42 Å². The molecule has 1 aromatic heterocycles. The van der Waals surface area contributed by atoms with Gasteiger partial charge in [0.1, 0.15) is 6.04 Å². The van der Waals surface area contributed by atoms with Gasteiger partial charge in [0.15, 0.2) is 5.82 Å². The zero-order valence-corrected chi connectivity index (χ0v) is 17.2. The van der Waals surface area contributed by atoms with Crippen molar-refractivity contribution in [2.75, 3.05) is 4.31 Å². The maximum atomic E-state index is 13.7. The van der Waals surface area contributed by atoms with Crippen molar-refractivity contribution >= 4 is 15.7 Å². The third kappa shape index (κ3) is 2.99. The second-order valence-corrected chi connectivity index (χ2v) is 9.35. The molecule has 6 nitrogen and oxygen atoms in total. The molecule has 1 aliphatic rings. The van der Waals surface area contributed by atoms with Crippen LogP contribution in [0.1, 0.15) is 54.2 Å². The fraction of sp³-hybridized carbons (Fsp3) is 0.333. The molecule has 7 heteroatoms. The average Bonchev–Trinajstić information content (AvgIpc) is 3.28. The fourth-order valence-electron chi connectivity index (χ4n) is 3.55. The summed E-state index contributed by atoms with van der Waals surface area (Å²) in [6, 6.07) is 12.5. The van der Waals surface area contributed by atoms with Crippen LogP contribution in [0.2, 0.25) is 0 Å². The van der Waals surface area contributed by atoms with Crippen molar-refractivity contribution in [2.24, 2.45) is 0 Å². The Morgan fingerprint density at radius 1 is 1.14 bits per heavy atom. The van der Waals surface area contributed by atoms with E-state index in [9.17, 15) is 8.42 Å². The molecule has 1 atom stereocenters. The molecule has 2 aromatic carbocycles. The SMILES string of the molecule is Cc1ccc(C)c(S(=O)(=O)N2c3ccccc3CC2c2nc(C(C)C)no2)c1. The maximum Gasteiger partial charge on any atom is 0.265 e. The molecule has 0 amide bonds. The van der Waals surface area contributed by atoms with Gasteiger partial charge in [-0.15, -0.1) is 0 Å². The Balaban J connectivity index is 1.87. The van der Waals surface area contributed by atoms with Crippen molar-refractivity contribution in [1.82, 2.24) is 10.1 Å². The van der Waals surface area contributed by atoms with Crippen LogP contribution in [0, 0.1) is 13.8 Å². The average molecular weight is 398 g/mol. The first-order chi connectivity index (χ1) is 13.3. The highest BCUT2D eigenvalue weighted by Crippen LogP contribution is 2.44. The molecule has 4 rings (SSSR count). The van der Waals surface area contributed by atoms with E-state index >= 15 is 0 Å². The Labute approximate surface area is 165 Å². The van der Waals surface area contributed by atoms with E-state index in [1.54, 1.807) is 6.07 Å². The monoisotopic (exact) mass is 397 g/mol. The van der Waals surface area contributed by atoms with E-state index in [2.05, 4.69) is 10.1 Å². The number of aryl methyl sites for hydroxylation is 2. The lowest BCUT2D eigenvalue weighted by atomic mass is 10.1. The van der Waals surface area contributed by atoms with Crippen LogP contribution in [-0.4, -0.2) is 18.6 Å². The Hall–Kier alpha value is -2.67. The number of sulfonamides is 1. The van der Waals surface area contributed by atoms with Crippen LogP contribution in [0.3, 0.4) is 0 Å². The van der Waals surface area contributed by atoms with E-state index in [-0.39, 0.29) is 5.92 Å². The summed E-state index contributed by atoms with van der Waals surface area (Å²) in [6.07, 6.45) is 0.500. The van der Waals surface area contributed by atoms with Crippen molar-refractivity contribution in [3.05, 3.63) is 70.9 Å². The lowest BCUT2D eigenvalue weighted by molar-refractivity contribution is 0.352. The highest BCUT2D eigenvalue weighted by atomic mass is 32.2. The number of benzene rings is 2. The van der Waals surface area contributed by atoms with Gasteiger partial charge in [0.2, 0.25) is 0 Å². The minimum Gasteiger partial charge on any atom is -0.337 e. The molecule has 3 aromatic rings. The van der Waals surface area contributed by atoms with E-state index < -0.39 is 16.1 Å². The first kappa shape index (κ1) is 18.7. The number of nitrogens with zero attached hydrogens (tertiary/aromatic N) is 3. The quantitative estimate of drug-likeness (QED) is 0.656. The van der Waals surface area contributed by atoms with Gasteiger partial charge in [0, 0.05) is 12.3 Å². The predicted molar refractivity (Wildman–Crippen MR) is 107 cm³/mol. The summed E-state index contributed by atoms with van der Waals surface area (Å²) in [6.45, 7) is 7.65. The lowest BCUT2D eigenvalue weighted by Crippen LogP contribution is -2.33. The predicted octanol–water partition coefficient (Wildman–Crippen LogP) is 4.30. The molecule has 0 saturated carbocycles. The molecule has 0 fully saturated rings. The smallest absolute Gasteiger partial charge is 0.265 e. The molecule has 146 valence electrons. The van der Waals surface area contributed by atoms with Crippen molar-refractivity contribution in [1.29, 1.82) is 0 Å². The summed E-state index contributed by atoms with van der Waals surface area (Å²) < 4.78 is 34.4. The summed E-state index contributed by atoms with van der Waals surface area (Å²) in [5.74, 6) is 1.01. The fourth-order valence-corrected chi connectivity index (χ4v) is 5.51. The molecule has 0 aliphatic carbocycles. The van der Waals surface area contributed by atoms with E-state index in [1.807, 2.05) is 64.1 Å². The number of fused-ring (bicyclic) bond motifs is 1. The minimum atomic E-state index is -3.81. The largest absolute Gasteiger partial charge is 0.337 e. The molecular weight excluding hydrogens is 374 g/mol. The van der Waals surface area contributed by atoms with Crippen LogP contribution in [0.25, 0.3) is 0 Å². The molecule has 28 heavy (non-hydrogen) atoms.